The fraction of sp³-hybridized carbons (Fsp3) is 0.429. The summed E-state index contributed by atoms with van der Waals surface area (Å²) in [4.78, 5) is 71.2. The zero-order valence-electron chi connectivity index (χ0n) is 27.5. The standard InChI is InChI=1S/C35H39BrN8O5/c1-40-19-23(16-24(20-40)38-26-17-37-41(2)35(49)31(26)36)22-8-6-21(7-9-22)18-42-12-14-43(15-13-42)27-5-3-4-25-30(27)34(48)44(33(25)47)28-10-11-29(45)39-32(28)46/h3-9,17,23-24,28,38H,10-16,18-20H2,1-2H3,(H,39,45,46)/t23-,24+,28?/m1/s1. The number of piperidine rings is 2. The predicted molar refractivity (Wildman–Crippen MR) is 186 cm³/mol. The Kier molecular flexibility index (Phi) is 9.11. The fourth-order valence-electron chi connectivity index (χ4n) is 7.56. The first-order valence-electron chi connectivity index (χ1n) is 16.6. The SMILES string of the molecule is CN1C[C@@H](Nc2cnn(C)c(=O)c2Br)C[C@@H](c2ccc(CN3CCN(c4cccc5c4C(=O)N(C4CCC(=O)NC4=O)C5=O)CC3)cc2)C1. The van der Waals surface area contributed by atoms with Gasteiger partial charge in [0, 0.05) is 65.3 Å². The average molecular weight is 732 g/mol. The summed E-state index contributed by atoms with van der Waals surface area (Å²) >= 11 is 3.43. The van der Waals surface area contributed by atoms with Crippen molar-refractivity contribution in [1.29, 1.82) is 0 Å². The van der Waals surface area contributed by atoms with Crippen LogP contribution < -0.4 is 21.1 Å². The van der Waals surface area contributed by atoms with E-state index in [0.29, 0.717) is 46.0 Å². The van der Waals surface area contributed by atoms with Gasteiger partial charge in [-0.15, -0.1) is 0 Å². The summed E-state index contributed by atoms with van der Waals surface area (Å²) in [5.41, 5.74) is 4.41. The van der Waals surface area contributed by atoms with E-state index in [9.17, 15) is 24.0 Å². The lowest BCUT2D eigenvalue weighted by molar-refractivity contribution is -0.136. The van der Waals surface area contributed by atoms with Crippen molar-refractivity contribution in [3.63, 3.8) is 0 Å². The Labute approximate surface area is 292 Å². The molecule has 256 valence electrons. The van der Waals surface area contributed by atoms with E-state index in [1.54, 1.807) is 25.4 Å². The van der Waals surface area contributed by atoms with Crippen molar-refractivity contribution in [3.05, 3.63) is 85.7 Å². The number of halogens is 1. The quantitative estimate of drug-likeness (QED) is 0.348. The molecule has 49 heavy (non-hydrogen) atoms. The summed E-state index contributed by atoms with van der Waals surface area (Å²) in [5, 5.41) is 9.95. The monoisotopic (exact) mass is 730 g/mol. The molecule has 2 aromatic carbocycles. The molecule has 7 rings (SSSR count). The number of anilines is 2. The molecule has 0 aliphatic carbocycles. The zero-order chi connectivity index (χ0) is 34.4. The molecule has 3 atom stereocenters. The van der Waals surface area contributed by atoms with Crippen LogP contribution in [0.4, 0.5) is 11.4 Å². The first-order valence-corrected chi connectivity index (χ1v) is 17.4. The lowest BCUT2D eigenvalue weighted by atomic mass is 9.87. The predicted octanol–water partition coefficient (Wildman–Crippen LogP) is 2.17. The maximum Gasteiger partial charge on any atom is 0.282 e. The van der Waals surface area contributed by atoms with Crippen LogP contribution in [-0.4, -0.2) is 107 Å². The number of likely N-dealkylation sites (tertiary alicyclic amines) is 1. The molecule has 5 heterocycles. The third kappa shape index (κ3) is 6.52. The number of nitrogens with zero attached hydrogens (tertiary/aromatic N) is 6. The molecule has 4 aliphatic rings. The Bertz CT molecular complexity index is 1870. The second kappa shape index (κ2) is 13.5. The number of hydrogen-bond donors (Lipinski definition) is 2. The number of aryl methyl sites for hydroxylation is 1. The van der Waals surface area contributed by atoms with Crippen LogP contribution in [-0.2, 0) is 23.2 Å². The molecule has 4 aliphatic heterocycles. The molecule has 3 aromatic rings. The van der Waals surface area contributed by atoms with Crippen LogP contribution in [0.15, 0.2) is 57.9 Å². The van der Waals surface area contributed by atoms with Gasteiger partial charge in [-0.2, -0.15) is 5.10 Å². The topological polar surface area (TPSA) is 140 Å². The van der Waals surface area contributed by atoms with Gasteiger partial charge in [0.15, 0.2) is 0 Å². The largest absolute Gasteiger partial charge is 0.379 e. The third-order valence-corrected chi connectivity index (χ3v) is 10.9. The van der Waals surface area contributed by atoms with Gasteiger partial charge in [0.05, 0.1) is 28.7 Å². The Morgan fingerprint density at radius 2 is 1.69 bits per heavy atom. The summed E-state index contributed by atoms with van der Waals surface area (Å²) in [6.45, 7) is 5.60. The highest BCUT2D eigenvalue weighted by atomic mass is 79.9. The number of benzene rings is 2. The van der Waals surface area contributed by atoms with Crippen molar-refractivity contribution in [2.75, 3.05) is 56.5 Å². The van der Waals surface area contributed by atoms with E-state index in [4.69, 9.17) is 0 Å². The van der Waals surface area contributed by atoms with Crippen molar-refractivity contribution in [3.8, 4) is 0 Å². The minimum absolute atomic E-state index is 0.0899. The number of carbonyl (C=O) groups excluding carboxylic acids is 4. The maximum absolute atomic E-state index is 13.6. The van der Waals surface area contributed by atoms with Crippen LogP contribution in [0.25, 0.3) is 0 Å². The van der Waals surface area contributed by atoms with Gasteiger partial charge in [-0.25, -0.2) is 4.68 Å². The molecule has 0 bridgehead atoms. The number of nitrogens with one attached hydrogen (secondary N) is 2. The Balaban J connectivity index is 0.961. The Hall–Kier alpha value is -4.40. The average Bonchev–Trinajstić information content (AvgIpc) is 3.34. The Morgan fingerprint density at radius 1 is 0.939 bits per heavy atom. The first kappa shape index (κ1) is 33.1. The van der Waals surface area contributed by atoms with E-state index >= 15 is 0 Å². The summed E-state index contributed by atoms with van der Waals surface area (Å²) in [6.07, 6.45) is 2.85. The number of hydrogen-bond acceptors (Lipinski definition) is 10. The van der Waals surface area contributed by atoms with Crippen molar-refractivity contribution < 1.29 is 19.2 Å². The summed E-state index contributed by atoms with van der Waals surface area (Å²) < 4.78 is 1.81. The number of carbonyl (C=O) groups is 4. The van der Waals surface area contributed by atoms with Crippen LogP contribution in [0.1, 0.15) is 57.0 Å². The van der Waals surface area contributed by atoms with Gasteiger partial charge in [0.25, 0.3) is 17.4 Å². The normalized spacial score (nSPS) is 23.5. The minimum Gasteiger partial charge on any atom is -0.379 e. The van der Waals surface area contributed by atoms with E-state index < -0.39 is 29.7 Å². The number of imide groups is 2. The van der Waals surface area contributed by atoms with Gasteiger partial charge in [-0.1, -0.05) is 30.3 Å². The van der Waals surface area contributed by atoms with Gasteiger partial charge in [-0.05, 0) is 65.0 Å². The minimum atomic E-state index is -0.982. The lowest BCUT2D eigenvalue weighted by Gasteiger charge is -2.37. The fourth-order valence-corrected chi connectivity index (χ4v) is 8.03. The van der Waals surface area contributed by atoms with Crippen molar-refractivity contribution in [1.82, 2.24) is 29.8 Å². The lowest BCUT2D eigenvalue weighted by Crippen LogP contribution is -2.54. The summed E-state index contributed by atoms with van der Waals surface area (Å²) in [7, 11) is 3.76. The van der Waals surface area contributed by atoms with E-state index in [1.807, 2.05) is 6.07 Å². The molecule has 13 nitrogen and oxygen atoms in total. The number of piperazine rings is 1. The van der Waals surface area contributed by atoms with Gasteiger partial charge in [-0.3, -0.25) is 39.1 Å². The zero-order valence-corrected chi connectivity index (χ0v) is 29.1. The second-order valence-corrected chi connectivity index (χ2v) is 14.2. The van der Waals surface area contributed by atoms with Gasteiger partial charge < -0.3 is 15.1 Å². The highest BCUT2D eigenvalue weighted by Crippen LogP contribution is 2.35. The van der Waals surface area contributed by atoms with Crippen molar-refractivity contribution >= 4 is 50.9 Å². The Morgan fingerprint density at radius 3 is 2.43 bits per heavy atom. The number of likely N-dealkylation sites (N-methyl/N-ethyl adjacent to an activating group) is 1. The van der Waals surface area contributed by atoms with Crippen LogP contribution in [0.3, 0.4) is 0 Å². The van der Waals surface area contributed by atoms with Crippen LogP contribution in [0.2, 0.25) is 0 Å². The van der Waals surface area contributed by atoms with E-state index in [1.165, 1.54) is 15.8 Å². The van der Waals surface area contributed by atoms with E-state index in [0.717, 1.165) is 44.0 Å². The van der Waals surface area contributed by atoms with E-state index in [2.05, 4.69) is 77.7 Å². The number of aromatic nitrogens is 2. The summed E-state index contributed by atoms with van der Waals surface area (Å²) in [5.74, 6) is -1.62. The summed E-state index contributed by atoms with van der Waals surface area (Å²) in [6, 6.07) is 13.3. The molecule has 14 heteroatoms. The molecule has 1 unspecified atom stereocenters. The van der Waals surface area contributed by atoms with Crippen LogP contribution >= 0.6 is 15.9 Å². The van der Waals surface area contributed by atoms with Gasteiger partial charge >= 0.3 is 0 Å². The van der Waals surface area contributed by atoms with Crippen LogP contribution in [0, 0.1) is 0 Å². The molecule has 3 fully saturated rings. The van der Waals surface area contributed by atoms with Crippen molar-refractivity contribution in [2.45, 2.75) is 43.8 Å². The molecular formula is C35H39BrN8O5. The number of fused-ring (bicyclic) bond motifs is 1. The smallest absolute Gasteiger partial charge is 0.282 e. The molecule has 0 radical (unpaired) electrons. The molecule has 2 N–H and O–H groups in total. The third-order valence-electron chi connectivity index (χ3n) is 10.1. The van der Waals surface area contributed by atoms with Crippen molar-refractivity contribution in [2.24, 2.45) is 7.05 Å². The maximum atomic E-state index is 13.6. The molecule has 0 spiro atoms. The highest BCUT2D eigenvalue weighted by molar-refractivity contribution is 9.10. The first-order chi connectivity index (χ1) is 23.6. The molecular weight excluding hydrogens is 692 g/mol. The van der Waals surface area contributed by atoms with Gasteiger partial charge in [0.1, 0.15) is 10.5 Å². The molecule has 4 amide bonds. The molecule has 1 aromatic heterocycles. The van der Waals surface area contributed by atoms with Gasteiger partial charge in [0.2, 0.25) is 11.8 Å². The van der Waals surface area contributed by atoms with Crippen LogP contribution in [0.5, 0.6) is 0 Å². The highest BCUT2D eigenvalue weighted by Gasteiger charge is 2.46. The number of rotatable bonds is 7. The number of amides is 4. The van der Waals surface area contributed by atoms with E-state index in [-0.39, 0.29) is 24.4 Å². The second-order valence-electron chi connectivity index (χ2n) is 13.4. The molecule has 3 saturated heterocycles. The molecule has 0 saturated carbocycles.